The van der Waals surface area contributed by atoms with E-state index in [-0.39, 0.29) is 0 Å². The Morgan fingerprint density at radius 3 is 2.65 bits per heavy atom. The van der Waals surface area contributed by atoms with Gasteiger partial charge in [0.2, 0.25) is 0 Å². The number of ether oxygens (including phenoxy) is 1. The van der Waals surface area contributed by atoms with Crippen LogP contribution in [0.4, 0.5) is 17.1 Å². The van der Waals surface area contributed by atoms with E-state index in [0.717, 1.165) is 5.69 Å². The first kappa shape index (κ1) is 13.7. The summed E-state index contributed by atoms with van der Waals surface area (Å²) >= 11 is 0. The highest BCUT2D eigenvalue weighted by molar-refractivity contribution is 6.02. The summed E-state index contributed by atoms with van der Waals surface area (Å²) in [7, 11) is 0. The highest BCUT2D eigenvalue weighted by atomic mass is 16.5. The molecular weight excluding hydrogens is 254 g/mol. The van der Waals surface area contributed by atoms with Crippen molar-refractivity contribution in [2.24, 2.45) is 5.73 Å². The van der Waals surface area contributed by atoms with E-state index in [4.69, 9.17) is 16.2 Å². The molecule has 5 N–H and O–H groups in total. The quantitative estimate of drug-likeness (QED) is 0.729. The molecular formula is C15H17N3O2. The van der Waals surface area contributed by atoms with E-state index in [9.17, 15) is 4.79 Å². The number of benzene rings is 2. The molecule has 5 heteroatoms. The van der Waals surface area contributed by atoms with Gasteiger partial charge in [-0.25, -0.2) is 0 Å². The number of rotatable bonds is 5. The monoisotopic (exact) mass is 271 g/mol. The maximum Gasteiger partial charge on any atom is 0.250 e. The Morgan fingerprint density at radius 1 is 1.20 bits per heavy atom. The Labute approximate surface area is 117 Å². The van der Waals surface area contributed by atoms with E-state index >= 15 is 0 Å². The summed E-state index contributed by atoms with van der Waals surface area (Å²) in [5.41, 5.74) is 13.3. The second kappa shape index (κ2) is 5.97. The van der Waals surface area contributed by atoms with E-state index in [1.165, 1.54) is 0 Å². The van der Waals surface area contributed by atoms with Crippen molar-refractivity contribution in [3.63, 3.8) is 0 Å². The van der Waals surface area contributed by atoms with Gasteiger partial charge < -0.3 is 21.5 Å². The molecule has 0 unspecified atom stereocenters. The first-order valence-electron chi connectivity index (χ1n) is 6.30. The van der Waals surface area contributed by atoms with Crippen LogP contribution in [0.5, 0.6) is 5.75 Å². The zero-order valence-electron chi connectivity index (χ0n) is 11.2. The minimum atomic E-state index is -0.534. The summed E-state index contributed by atoms with van der Waals surface area (Å²) in [4.78, 5) is 11.5. The van der Waals surface area contributed by atoms with Crippen molar-refractivity contribution in [2.45, 2.75) is 6.92 Å². The third-order valence-corrected chi connectivity index (χ3v) is 2.81. The van der Waals surface area contributed by atoms with Crippen LogP contribution in [-0.4, -0.2) is 12.5 Å². The van der Waals surface area contributed by atoms with Gasteiger partial charge in [-0.1, -0.05) is 18.2 Å². The van der Waals surface area contributed by atoms with Crippen LogP contribution in [0.25, 0.3) is 0 Å². The maximum absolute atomic E-state index is 11.5. The Balaban J connectivity index is 2.42. The van der Waals surface area contributed by atoms with Gasteiger partial charge in [-0.3, -0.25) is 4.79 Å². The molecule has 0 bridgehead atoms. The predicted molar refractivity (Wildman–Crippen MR) is 80.3 cm³/mol. The fraction of sp³-hybridized carbons (Fsp3) is 0.133. The van der Waals surface area contributed by atoms with E-state index < -0.39 is 5.91 Å². The van der Waals surface area contributed by atoms with Crippen molar-refractivity contribution in [1.82, 2.24) is 0 Å². The number of anilines is 3. The third-order valence-electron chi connectivity index (χ3n) is 2.81. The molecule has 2 aromatic carbocycles. The molecule has 0 aliphatic carbocycles. The molecule has 20 heavy (non-hydrogen) atoms. The summed E-state index contributed by atoms with van der Waals surface area (Å²) in [5, 5.41) is 3.12. The van der Waals surface area contributed by atoms with Crippen molar-refractivity contribution < 1.29 is 9.53 Å². The fourth-order valence-corrected chi connectivity index (χ4v) is 1.90. The van der Waals surface area contributed by atoms with Crippen molar-refractivity contribution in [3.8, 4) is 5.75 Å². The molecule has 0 aliphatic heterocycles. The molecule has 104 valence electrons. The van der Waals surface area contributed by atoms with Crippen LogP contribution in [-0.2, 0) is 0 Å². The summed E-state index contributed by atoms with van der Waals surface area (Å²) in [6, 6.07) is 12.5. The lowest BCUT2D eigenvalue weighted by atomic mass is 10.1. The summed E-state index contributed by atoms with van der Waals surface area (Å²) in [6.45, 7) is 2.45. The van der Waals surface area contributed by atoms with E-state index in [0.29, 0.717) is 29.3 Å². The van der Waals surface area contributed by atoms with E-state index in [1.54, 1.807) is 18.2 Å². The summed E-state index contributed by atoms with van der Waals surface area (Å²) in [6.07, 6.45) is 0. The molecule has 0 spiro atoms. The number of amides is 1. The number of nitrogens with one attached hydrogen (secondary N) is 1. The molecule has 0 saturated heterocycles. The number of primary amides is 1. The lowest BCUT2D eigenvalue weighted by Crippen LogP contribution is -2.14. The molecule has 5 nitrogen and oxygen atoms in total. The van der Waals surface area contributed by atoms with Crippen molar-refractivity contribution >= 4 is 23.0 Å². The second-order valence-electron chi connectivity index (χ2n) is 4.19. The van der Waals surface area contributed by atoms with Gasteiger partial charge >= 0.3 is 0 Å². The molecule has 0 fully saturated rings. The molecule has 0 radical (unpaired) electrons. The highest BCUT2D eigenvalue weighted by Crippen LogP contribution is 2.32. The topological polar surface area (TPSA) is 90.4 Å². The van der Waals surface area contributed by atoms with Gasteiger partial charge in [-0.2, -0.15) is 0 Å². The Hall–Kier alpha value is -2.69. The number of para-hydroxylation sites is 3. The van der Waals surface area contributed by atoms with E-state index in [1.807, 2.05) is 31.2 Å². The molecule has 0 saturated carbocycles. The lowest BCUT2D eigenvalue weighted by molar-refractivity contribution is 0.100. The largest absolute Gasteiger partial charge is 0.492 e. The van der Waals surface area contributed by atoms with Gasteiger partial charge in [0.1, 0.15) is 5.75 Å². The van der Waals surface area contributed by atoms with Crippen LogP contribution in [0.15, 0.2) is 42.5 Å². The highest BCUT2D eigenvalue weighted by Gasteiger charge is 2.12. The fourth-order valence-electron chi connectivity index (χ4n) is 1.90. The molecule has 0 aliphatic rings. The minimum Gasteiger partial charge on any atom is -0.492 e. The van der Waals surface area contributed by atoms with Gasteiger partial charge in [0.25, 0.3) is 5.91 Å². The van der Waals surface area contributed by atoms with Crippen LogP contribution in [0.1, 0.15) is 17.3 Å². The van der Waals surface area contributed by atoms with Crippen molar-refractivity contribution in [1.29, 1.82) is 0 Å². The van der Waals surface area contributed by atoms with Gasteiger partial charge in [0, 0.05) is 0 Å². The zero-order valence-corrected chi connectivity index (χ0v) is 11.2. The number of hydrogen-bond acceptors (Lipinski definition) is 4. The lowest BCUT2D eigenvalue weighted by Gasteiger charge is -2.15. The number of nitrogens with two attached hydrogens (primary N) is 2. The number of carbonyl (C=O) groups excluding carboxylic acids is 1. The van der Waals surface area contributed by atoms with Crippen LogP contribution < -0.4 is 21.5 Å². The molecule has 0 heterocycles. The van der Waals surface area contributed by atoms with Gasteiger partial charge in [-0.15, -0.1) is 0 Å². The average molecular weight is 271 g/mol. The van der Waals surface area contributed by atoms with Gasteiger partial charge in [0.15, 0.2) is 0 Å². The molecule has 2 aromatic rings. The molecule has 0 atom stereocenters. The predicted octanol–water partition coefficient (Wildman–Crippen LogP) is 2.51. The Bertz CT molecular complexity index is 626. The normalized spacial score (nSPS) is 10.1. The standard InChI is InChI=1S/C15H17N3O2/c1-2-20-13-9-4-3-8-12(13)18-14-10(15(17)19)6-5-7-11(14)16/h3-9,18H,2,16H2,1H3,(H2,17,19). The zero-order chi connectivity index (χ0) is 14.5. The van der Waals surface area contributed by atoms with Gasteiger partial charge in [0.05, 0.1) is 29.2 Å². The second-order valence-corrected chi connectivity index (χ2v) is 4.19. The van der Waals surface area contributed by atoms with Gasteiger partial charge in [-0.05, 0) is 31.2 Å². The molecule has 2 rings (SSSR count). The summed E-state index contributed by atoms with van der Waals surface area (Å²) in [5.74, 6) is 0.155. The van der Waals surface area contributed by atoms with E-state index in [2.05, 4.69) is 5.32 Å². The number of hydrogen-bond donors (Lipinski definition) is 3. The Morgan fingerprint density at radius 2 is 1.95 bits per heavy atom. The van der Waals surface area contributed by atoms with Crippen LogP contribution >= 0.6 is 0 Å². The SMILES string of the molecule is CCOc1ccccc1Nc1c(N)cccc1C(N)=O. The third kappa shape index (κ3) is 2.83. The molecule has 1 amide bonds. The minimum absolute atomic E-state index is 0.344. The summed E-state index contributed by atoms with van der Waals surface area (Å²) < 4.78 is 5.53. The maximum atomic E-state index is 11.5. The molecule has 0 aromatic heterocycles. The Kier molecular flexibility index (Phi) is 4.10. The van der Waals surface area contributed by atoms with Crippen LogP contribution in [0.3, 0.4) is 0 Å². The smallest absolute Gasteiger partial charge is 0.250 e. The number of carbonyl (C=O) groups is 1. The first-order valence-corrected chi connectivity index (χ1v) is 6.30. The van der Waals surface area contributed by atoms with Crippen LogP contribution in [0, 0.1) is 0 Å². The van der Waals surface area contributed by atoms with Crippen LogP contribution in [0.2, 0.25) is 0 Å². The first-order chi connectivity index (χ1) is 9.63. The van der Waals surface area contributed by atoms with Crippen molar-refractivity contribution in [3.05, 3.63) is 48.0 Å². The van der Waals surface area contributed by atoms with Crippen molar-refractivity contribution in [2.75, 3.05) is 17.7 Å². The number of nitrogen functional groups attached to an aromatic ring is 1. The average Bonchev–Trinajstić information content (AvgIpc) is 2.43.